The molecule has 42 heavy (non-hydrogen) atoms. The third kappa shape index (κ3) is 6.86. The lowest BCUT2D eigenvalue weighted by atomic mass is 9.93. The first-order valence-electron chi connectivity index (χ1n) is 14.9. The smallest absolute Gasteiger partial charge is 0.251 e. The van der Waals surface area contributed by atoms with E-state index in [-0.39, 0.29) is 18.7 Å². The lowest BCUT2D eigenvalue weighted by Gasteiger charge is -2.31. The zero-order chi connectivity index (χ0) is 28.9. The maximum absolute atomic E-state index is 12.7. The Morgan fingerprint density at radius 1 is 1.21 bits per heavy atom. The first-order chi connectivity index (χ1) is 20.5. The number of anilines is 1. The lowest BCUT2D eigenvalue weighted by Crippen LogP contribution is -2.42. The summed E-state index contributed by atoms with van der Waals surface area (Å²) in [6.45, 7) is 3.05. The van der Waals surface area contributed by atoms with E-state index in [2.05, 4.69) is 30.8 Å². The molecule has 0 radical (unpaired) electrons. The molecular formula is C30H38ClN7O4. The number of nitrogens with zero attached hydrogens (tertiary/aromatic N) is 5. The van der Waals surface area contributed by atoms with E-state index in [9.17, 15) is 9.90 Å². The number of aliphatic hydroxyl groups excluding tert-OH is 1. The highest BCUT2D eigenvalue weighted by Gasteiger charge is 2.24. The Labute approximate surface area is 250 Å². The van der Waals surface area contributed by atoms with Crippen molar-refractivity contribution in [1.29, 1.82) is 0 Å². The zero-order valence-corrected chi connectivity index (χ0v) is 24.4. The zero-order valence-electron chi connectivity index (χ0n) is 23.7. The number of aromatic nitrogens is 4. The van der Waals surface area contributed by atoms with Gasteiger partial charge in [-0.2, -0.15) is 0 Å². The number of carbonyl (C=O) groups excluding carboxylic acids is 1. The summed E-state index contributed by atoms with van der Waals surface area (Å²) >= 11 is 6.79. The Morgan fingerprint density at radius 2 is 2.12 bits per heavy atom. The van der Waals surface area contributed by atoms with E-state index in [0.29, 0.717) is 47.9 Å². The summed E-state index contributed by atoms with van der Waals surface area (Å²) in [5.41, 5.74) is 3.55. The molecule has 2 aliphatic heterocycles. The first-order valence-corrected chi connectivity index (χ1v) is 15.3. The molecule has 2 atom stereocenters. The van der Waals surface area contributed by atoms with Crippen molar-refractivity contribution in [2.24, 2.45) is 0 Å². The van der Waals surface area contributed by atoms with Crippen LogP contribution in [-0.2, 0) is 24.3 Å². The third-order valence-corrected chi connectivity index (χ3v) is 8.69. The molecule has 0 spiro atoms. The molecule has 2 fully saturated rings. The van der Waals surface area contributed by atoms with E-state index >= 15 is 0 Å². The van der Waals surface area contributed by atoms with E-state index in [1.165, 1.54) is 6.42 Å². The average Bonchev–Trinajstić information content (AvgIpc) is 3.47. The number of aliphatic hydroxyl groups is 1. The Bertz CT molecular complexity index is 1380. The summed E-state index contributed by atoms with van der Waals surface area (Å²) < 4.78 is 13.8. The van der Waals surface area contributed by atoms with Crippen LogP contribution >= 0.6 is 11.6 Å². The minimum Gasteiger partial charge on any atom is -0.486 e. The summed E-state index contributed by atoms with van der Waals surface area (Å²) in [6.07, 6.45) is 9.87. The van der Waals surface area contributed by atoms with Crippen LogP contribution in [0.2, 0.25) is 5.02 Å². The molecule has 2 aromatic heterocycles. The highest BCUT2D eigenvalue weighted by Crippen LogP contribution is 2.35. The SMILES string of the molecule is O=C(NC[C@H](O)CN1CCc2c(ccc(OCc3cnnn3C3CCCCO3)c2Cl)C1)c1ccnc(NC2CCC2)c1. The summed E-state index contributed by atoms with van der Waals surface area (Å²) in [5.74, 6) is 1.12. The number of carbonyl (C=O) groups is 1. The summed E-state index contributed by atoms with van der Waals surface area (Å²) in [7, 11) is 0. The predicted octanol–water partition coefficient (Wildman–Crippen LogP) is 3.72. The van der Waals surface area contributed by atoms with Crippen LogP contribution in [-0.4, -0.2) is 74.3 Å². The maximum Gasteiger partial charge on any atom is 0.251 e. The summed E-state index contributed by atoms with van der Waals surface area (Å²) in [5, 5.41) is 25.8. The van der Waals surface area contributed by atoms with Crippen molar-refractivity contribution in [2.75, 3.05) is 31.6 Å². The van der Waals surface area contributed by atoms with Gasteiger partial charge in [-0.1, -0.05) is 22.9 Å². The van der Waals surface area contributed by atoms with Crippen LogP contribution in [0.25, 0.3) is 0 Å². The highest BCUT2D eigenvalue weighted by molar-refractivity contribution is 6.33. The number of hydrogen-bond acceptors (Lipinski definition) is 9. The second kappa shape index (κ2) is 13.4. The van der Waals surface area contributed by atoms with Gasteiger partial charge >= 0.3 is 0 Å². The summed E-state index contributed by atoms with van der Waals surface area (Å²) in [6, 6.07) is 7.83. The molecule has 1 saturated heterocycles. The number of hydrogen-bond donors (Lipinski definition) is 3. The number of pyridine rings is 1. The lowest BCUT2D eigenvalue weighted by molar-refractivity contribution is -0.0433. The van der Waals surface area contributed by atoms with Crippen molar-refractivity contribution in [3.8, 4) is 5.75 Å². The molecule has 0 bridgehead atoms. The van der Waals surface area contributed by atoms with Gasteiger partial charge in [-0.15, -0.1) is 5.10 Å². The topological polar surface area (TPSA) is 127 Å². The fourth-order valence-corrected chi connectivity index (χ4v) is 6.02. The Balaban J connectivity index is 0.985. The molecule has 3 aromatic rings. The second-order valence-electron chi connectivity index (χ2n) is 11.3. The van der Waals surface area contributed by atoms with E-state index in [1.54, 1.807) is 29.2 Å². The highest BCUT2D eigenvalue weighted by atomic mass is 35.5. The van der Waals surface area contributed by atoms with Crippen LogP contribution in [0.1, 0.15) is 71.9 Å². The normalized spacial score (nSPS) is 19.9. The molecule has 1 saturated carbocycles. The Morgan fingerprint density at radius 3 is 2.93 bits per heavy atom. The predicted molar refractivity (Wildman–Crippen MR) is 157 cm³/mol. The van der Waals surface area contributed by atoms with E-state index in [1.807, 2.05) is 12.1 Å². The van der Waals surface area contributed by atoms with Gasteiger partial charge < -0.3 is 25.2 Å². The number of halogens is 1. The van der Waals surface area contributed by atoms with Crippen molar-refractivity contribution in [3.63, 3.8) is 0 Å². The largest absolute Gasteiger partial charge is 0.486 e. The van der Waals surface area contributed by atoms with Crippen LogP contribution in [0.4, 0.5) is 5.82 Å². The first kappa shape index (κ1) is 28.9. The van der Waals surface area contributed by atoms with Crippen LogP contribution < -0.4 is 15.4 Å². The molecule has 1 aliphatic carbocycles. The molecule has 6 rings (SSSR count). The molecule has 3 N–H and O–H groups in total. The third-order valence-electron chi connectivity index (χ3n) is 8.28. The molecule has 11 nitrogen and oxygen atoms in total. The van der Waals surface area contributed by atoms with Gasteiger partial charge in [0.15, 0.2) is 6.23 Å². The fraction of sp³-hybridized carbons (Fsp3) is 0.533. The Hall–Kier alpha value is -3.25. The number of fused-ring (bicyclic) bond motifs is 1. The molecule has 1 amide bonds. The molecule has 3 aliphatic rings. The molecule has 224 valence electrons. The fourth-order valence-electron chi connectivity index (χ4n) is 5.68. The van der Waals surface area contributed by atoms with E-state index < -0.39 is 6.10 Å². The number of ether oxygens (including phenoxy) is 2. The van der Waals surface area contributed by atoms with Crippen molar-refractivity contribution >= 4 is 23.3 Å². The van der Waals surface area contributed by atoms with Crippen molar-refractivity contribution in [1.82, 2.24) is 30.2 Å². The quantitative estimate of drug-likeness (QED) is 0.304. The van der Waals surface area contributed by atoms with E-state index in [4.69, 9.17) is 21.1 Å². The second-order valence-corrected chi connectivity index (χ2v) is 11.7. The monoisotopic (exact) mass is 595 g/mol. The number of amides is 1. The molecular weight excluding hydrogens is 558 g/mol. The maximum atomic E-state index is 12.7. The van der Waals surface area contributed by atoms with Gasteiger partial charge in [-0.05, 0) is 74.3 Å². The Kier molecular flexibility index (Phi) is 9.18. The van der Waals surface area contributed by atoms with Gasteiger partial charge in [0, 0.05) is 50.6 Å². The van der Waals surface area contributed by atoms with Crippen LogP contribution in [0.5, 0.6) is 5.75 Å². The van der Waals surface area contributed by atoms with Gasteiger partial charge in [-0.3, -0.25) is 9.69 Å². The summed E-state index contributed by atoms with van der Waals surface area (Å²) in [4.78, 5) is 19.2. The van der Waals surface area contributed by atoms with Crippen LogP contribution in [0.3, 0.4) is 0 Å². The number of nitrogens with one attached hydrogen (secondary N) is 2. The number of benzene rings is 1. The van der Waals surface area contributed by atoms with Gasteiger partial charge in [0.1, 0.15) is 18.2 Å². The van der Waals surface area contributed by atoms with Gasteiger partial charge in [-0.25, -0.2) is 9.67 Å². The average molecular weight is 596 g/mol. The van der Waals surface area contributed by atoms with Crippen LogP contribution in [0, 0.1) is 0 Å². The van der Waals surface area contributed by atoms with Crippen molar-refractivity contribution in [2.45, 2.75) is 76.5 Å². The van der Waals surface area contributed by atoms with Gasteiger partial charge in [0.05, 0.1) is 23.0 Å². The number of β-amino-alcohol motifs (C(OH)–C–C–N with tert-alkyl or cyclic N) is 1. The van der Waals surface area contributed by atoms with Crippen molar-refractivity contribution in [3.05, 3.63) is 64.1 Å². The molecule has 4 heterocycles. The van der Waals surface area contributed by atoms with Crippen LogP contribution in [0.15, 0.2) is 36.7 Å². The molecule has 1 aromatic carbocycles. The minimum absolute atomic E-state index is 0.101. The van der Waals surface area contributed by atoms with Gasteiger partial charge in [0.2, 0.25) is 0 Å². The molecule has 1 unspecified atom stereocenters. The standard InChI is InChI=1S/C30H38ClN7O4/c31-29-25-10-12-37(18-24(39)16-33-30(40)20-9-11-32-27(14-20)35-22-4-3-5-22)17-21(25)7-8-26(29)42-19-23-15-34-36-38(23)28-6-1-2-13-41-28/h7-9,11,14-15,22,24,28,39H,1-6,10,12-13,16-19H2,(H,32,35)(H,33,40)/t24-,28?/m0/s1. The van der Waals surface area contributed by atoms with Gasteiger partial charge in [0.25, 0.3) is 5.91 Å². The minimum atomic E-state index is -0.699. The number of rotatable bonds is 11. The van der Waals surface area contributed by atoms with Crippen molar-refractivity contribution < 1.29 is 19.4 Å². The van der Waals surface area contributed by atoms with E-state index in [0.717, 1.165) is 68.5 Å². The molecule has 12 heteroatoms.